The maximum atomic E-state index is 11.5. The zero-order chi connectivity index (χ0) is 14.9. The first-order valence-corrected chi connectivity index (χ1v) is 6.92. The lowest BCUT2D eigenvalue weighted by Gasteiger charge is -2.09. The van der Waals surface area contributed by atoms with E-state index in [9.17, 15) is 9.90 Å². The Balaban J connectivity index is 1.57. The number of ether oxygens (including phenoxy) is 1. The number of hydrogen-bond acceptors (Lipinski definition) is 4. The van der Waals surface area contributed by atoms with E-state index in [0.29, 0.717) is 25.1 Å². The highest BCUT2D eigenvalue weighted by Gasteiger charge is 2.10. The summed E-state index contributed by atoms with van der Waals surface area (Å²) >= 11 is 0. The topological polar surface area (TPSA) is 71.7 Å². The van der Waals surface area contributed by atoms with E-state index < -0.39 is 12.2 Å². The molecule has 5 heteroatoms. The molecule has 1 aromatic heterocycles. The molecule has 5 nitrogen and oxygen atoms in total. The predicted octanol–water partition coefficient (Wildman–Crippen LogP) is 3.02. The molecule has 0 radical (unpaired) electrons. The molecule has 1 aromatic carbocycles. The van der Waals surface area contributed by atoms with Crippen LogP contribution in [0.1, 0.15) is 30.3 Å². The summed E-state index contributed by atoms with van der Waals surface area (Å²) in [4.78, 5) is 11.5. The molecule has 0 bridgehead atoms. The van der Waals surface area contributed by atoms with Crippen LogP contribution in [-0.4, -0.2) is 17.7 Å². The summed E-state index contributed by atoms with van der Waals surface area (Å²) in [6.07, 6.45) is 1.60. The van der Waals surface area contributed by atoms with E-state index in [-0.39, 0.29) is 6.61 Å². The van der Waals surface area contributed by atoms with Gasteiger partial charge in [0.15, 0.2) is 0 Å². The summed E-state index contributed by atoms with van der Waals surface area (Å²) in [5, 5.41) is 12.4. The Morgan fingerprint density at radius 3 is 2.76 bits per heavy atom. The number of aliphatic hydroxyl groups is 1. The molecule has 0 aliphatic heterocycles. The fraction of sp³-hybridized carbons (Fsp3) is 0.312. The summed E-state index contributed by atoms with van der Waals surface area (Å²) in [5.74, 6) is 0.543. The lowest BCUT2D eigenvalue weighted by atomic mass is 10.1. The van der Waals surface area contributed by atoms with Crippen molar-refractivity contribution in [2.75, 3.05) is 6.54 Å². The van der Waals surface area contributed by atoms with Crippen molar-refractivity contribution in [3.05, 3.63) is 60.1 Å². The highest BCUT2D eigenvalue weighted by atomic mass is 16.5. The minimum atomic E-state index is -0.637. The zero-order valence-electron chi connectivity index (χ0n) is 11.7. The zero-order valence-corrected chi connectivity index (χ0v) is 11.7. The van der Waals surface area contributed by atoms with E-state index in [1.807, 2.05) is 30.3 Å². The Labute approximate surface area is 123 Å². The van der Waals surface area contributed by atoms with Gasteiger partial charge in [-0.2, -0.15) is 0 Å². The molecule has 1 amide bonds. The van der Waals surface area contributed by atoms with Crippen LogP contribution in [0.15, 0.2) is 53.1 Å². The van der Waals surface area contributed by atoms with Gasteiger partial charge in [-0.15, -0.1) is 0 Å². The van der Waals surface area contributed by atoms with E-state index in [4.69, 9.17) is 9.15 Å². The molecule has 2 N–H and O–H groups in total. The minimum Gasteiger partial charge on any atom is -0.467 e. The van der Waals surface area contributed by atoms with Gasteiger partial charge in [0.25, 0.3) is 0 Å². The highest BCUT2D eigenvalue weighted by molar-refractivity contribution is 5.67. The molecule has 1 heterocycles. The first kappa shape index (κ1) is 15.1. The first-order valence-electron chi connectivity index (χ1n) is 6.92. The largest absolute Gasteiger partial charge is 0.467 e. The molecular formula is C16H19NO4. The van der Waals surface area contributed by atoms with E-state index in [1.54, 1.807) is 12.1 Å². The van der Waals surface area contributed by atoms with Gasteiger partial charge in [0.05, 0.1) is 6.26 Å². The van der Waals surface area contributed by atoms with Crippen molar-refractivity contribution in [3.8, 4) is 0 Å². The second kappa shape index (κ2) is 8.11. The quantitative estimate of drug-likeness (QED) is 0.769. The van der Waals surface area contributed by atoms with Crippen LogP contribution in [-0.2, 0) is 11.3 Å². The predicted molar refractivity (Wildman–Crippen MR) is 77.5 cm³/mol. The van der Waals surface area contributed by atoms with Crippen molar-refractivity contribution in [1.29, 1.82) is 0 Å². The SMILES string of the molecule is O=C(NCCCC(O)c1ccco1)OCc1ccccc1. The fourth-order valence-electron chi connectivity index (χ4n) is 1.88. The third-order valence-electron chi connectivity index (χ3n) is 3.01. The van der Waals surface area contributed by atoms with Crippen LogP contribution in [0.2, 0.25) is 0 Å². The Morgan fingerprint density at radius 1 is 1.24 bits per heavy atom. The van der Waals surface area contributed by atoms with Gasteiger partial charge < -0.3 is 19.6 Å². The normalized spacial score (nSPS) is 11.9. The number of rotatable bonds is 7. The number of nitrogens with one attached hydrogen (secondary N) is 1. The number of carbonyl (C=O) groups excluding carboxylic acids is 1. The van der Waals surface area contributed by atoms with Gasteiger partial charge >= 0.3 is 6.09 Å². The lowest BCUT2D eigenvalue weighted by molar-refractivity contribution is 0.130. The summed E-state index contributed by atoms with van der Waals surface area (Å²) < 4.78 is 10.2. The average molecular weight is 289 g/mol. The Morgan fingerprint density at radius 2 is 2.05 bits per heavy atom. The number of alkyl carbamates (subject to hydrolysis) is 1. The van der Waals surface area contributed by atoms with E-state index in [0.717, 1.165) is 5.56 Å². The molecule has 2 rings (SSSR count). The van der Waals surface area contributed by atoms with Crippen LogP contribution in [0.4, 0.5) is 4.79 Å². The van der Waals surface area contributed by atoms with Crippen molar-refractivity contribution in [1.82, 2.24) is 5.32 Å². The van der Waals surface area contributed by atoms with Gasteiger partial charge in [-0.25, -0.2) is 4.79 Å². The number of amides is 1. The maximum Gasteiger partial charge on any atom is 0.407 e. The molecule has 0 saturated heterocycles. The molecule has 1 atom stereocenters. The van der Waals surface area contributed by atoms with Crippen LogP contribution < -0.4 is 5.32 Å². The number of aliphatic hydroxyl groups excluding tert-OH is 1. The number of hydrogen-bond donors (Lipinski definition) is 2. The molecule has 1 unspecified atom stereocenters. The molecule has 2 aromatic rings. The molecule has 0 saturated carbocycles. The summed E-state index contributed by atoms with van der Waals surface area (Å²) in [6, 6.07) is 13.0. The standard InChI is InChI=1S/C16H19NO4/c18-14(15-9-5-11-20-15)8-4-10-17-16(19)21-12-13-6-2-1-3-7-13/h1-3,5-7,9,11,14,18H,4,8,10,12H2,(H,17,19). The van der Waals surface area contributed by atoms with Crippen molar-refractivity contribution in [3.63, 3.8) is 0 Å². The first-order chi connectivity index (χ1) is 10.3. The third-order valence-corrected chi connectivity index (χ3v) is 3.01. The van der Waals surface area contributed by atoms with Crippen LogP contribution in [0, 0.1) is 0 Å². The Bertz CT molecular complexity index is 524. The van der Waals surface area contributed by atoms with Crippen LogP contribution in [0.3, 0.4) is 0 Å². The van der Waals surface area contributed by atoms with E-state index in [2.05, 4.69) is 5.32 Å². The summed E-state index contributed by atoms with van der Waals surface area (Å²) in [6.45, 7) is 0.701. The second-order valence-electron chi connectivity index (χ2n) is 4.66. The molecule has 112 valence electrons. The van der Waals surface area contributed by atoms with Crippen LogP contribution in [0.5, 0.6) is 0 Å². The maximum absolute atomic E-state index is 11.5. The summed E-state index contributed by atoms with van der Waals surface area (Å²) in [5.41, 5.74) is 0.945. The number of carbonyl (C=O) groups is 1. The van der Waals surface area contributed by atoms with Gasteiger partial charge in [0.2, 0.25) is 0 Å². The van der Waals surface area contributed by atoms with Crippen LogP contribution in [0.25, 0.3) is 0 Å². The van der Waals surface area contributed by atoms with Crippen LogP contribution >= 0.6 is 0 Å². The minimum absolute atomic E-state index is 0.252. The fourth-order valence-corrected chi connectivity index (χ4v) is 1.88. The lowest BCUT2D eigenvalue weighted by Crippen LogP contribution is -2.25. The van der Waals surface area contributed by atoms with Crippen molar-refractivity contribution < 1.29 is 19.1 Å². The summed E-state index contributed by atoms with van der Waals surface area (Å²) in [7, 11) is 0. The van der Waals surface area contributed by atoms with E-state index >= 15 is 0 Å². The third kappa shape index (κ3) is 5.31. The van der Waals surface area contributed by atoms with E-state index in [1.165, 1.54) is 6.26 Å². The molecule has 21 heavy (non-hydrogen) atoms. The smallest absolute Gasteiger partial charge is 0.407 e. The van der Waals surface area contributed by atoms with Gasteiger partial charge in [-0.3, -0.25) is 0 Å². The average Bonchev–Trinajstić information content (AvgIpc) is 3.05. The second-order valence-corrected chi connectivity index (χ2v) is 4.66. The monoisotopic (exact) mass is 289 g/mol. The molecule has 0 aliphatic rings. The molecular weight excluding hydrogens is 270 g/mol. The number of benzene rings is 1. The van der Waals surface area contributed by atoms with Crippen molar-refractivity contribution in [2.24, 2.45) is 0 Å². The molecule has 0 spiro atoms. The van der Waals surface area contributed by atoms with Gasteiger partial charge in [-0.05, 0) is 30.5 Å². The van der Waals surface area contributed by atoms with Gasteiger partial charge in [0, 0.05) is 6.54 Å². The van der Waals surface area contributed by atoms with Gasteiger partial charge in [-0.1, -0.05) is 30.3 Å². The molecule has 0 aliphatic carbocycles. The number of furan rings is 1. The molecule has 0 fully saturated rings. The van der Waals surface area contributed by atoms with Crippen molar-refractivity contribution in [2.45, 2.75) is 25.6 Å². The van der Waals surface area contributed by atoms with Crippen molar-refractivity contribution >= 4 is 6.09 Å². The Kier molecular flexibility index (Phi) is 5.84. The Hall–Kier alpha value is -2.27. The highest BCUT2D eigenvalue weighted by Crippen LogP contribution is 2.17. The van der Waals surface area contributed by atoms with Gasteiger partial charge in [0.1, 0.15) is 18.5 Å².